The summed E-state index contributed by atoms with van der Waals surface area (Å²) in [5.41, 5.74) is 3.20. The minimum absolute atomic E-state index is 0.258. The molecule has 1 N–H and O–H groups in total. The molecule has 0 aliphatic heterocycles. The van der Waals surface area contributed by atoms with E-state index in [1.807, 2.05) is 24.3 Å². The highest BCUT2D eigenvalue weighted by Gasteiger charge is 2.10. The van der Waals surface area contributed by atoms with Gasteiger partial charge in [0.15, 0.2) is 0 Å². The van der Waals surface area contributed by atoms with Crippen LogP contribution in [0.5, 0.6) is 11.5 Å². The lowest BCUT2D eigenvalue weighted by atomic mass is 10.0. The molecule has 0 saturated heterocycles. The molecule has 33 heavy (non-hydrogen) atoms. The molecule has 0 aromatic heterocycles. The van der Waals surface area contributed by atoms with Crippen LogP contribution in [-0.2, 0) is 0 Å². The van der Waals surface area contributed by atoms with E-state index >= 15 is 0 Å². The fourth-order valence-electron chi connectivity index (χ4n) is 3.06. The van der Waals surface area contributed by atoms with E-state index in [2.05, 4.69) is 5.32 Å². The molecule has 3 aromatic rings. The summed E-state index contributed by atoms with van der Waals surface area (Å²) in [5, 5.41) is 14.1. The van der Waals surface area contributed by atoms with Gasteiger partial charge in [0.1, 0.15) is 11.5 Å². The van der Waals surface area contributed by atoms with E-state index in [1.165, 1.54) is 20.3 Å². The maximum Gasteiger partial charge on any atom is 0.255 e. The molecule has 0 fully saturated rings. The zero-order chi connectivity index (χ0) is 23.8. The van der Waals surface area contributed by atoms with E-state index in [4.69, 9.17) is 21.1 Å². The molecule has 0 radical (unpaired) electrons. The van der Waals surface area contributed by atoms with Gasteiger partial charge in [-0.1, -0.05) is 42.0 Å². The van der Waals surface area contributed by atoms with Crippen molar-refractivity contribution in [3.05, 3.63) is 104 Å². The lowest BCUT2D eigenvalue weighted by Gasteiger charge is -2.11. The van der Waals surface area contributed by atoms with Crippen LogP contribution in [0.2, 0.25) is 5.02 Å². The zero-order valence-electron chi connectivity index (χ0n) is 17.9. The van der Waals surface area contributed by atoms with Gasteiger partial charge >= 0.3 is 0 Å². The number of hydrogen-bond acceptors (Lipinski definition) is 5. The number of nitrogens with one attached hydrogen (secondary N) is 1. The van der Waals surface area contributed by atoms with Crippen molar-refractivity contribution in [2.45, 2.75) is 0 Å². The average molecular weight is 465 g/mol. The Morgan fingerprint density at radius 1 is 1.00 bits per heavy atom. The standard InChI is InChI=1S/C25H21ClN2O5/c1-32-22-15-18(23(12-13-28(30)31)24(16-22)33-2)9-6-17-7-10-21(11-8-17)27-25(29)19-4-3-5-20(26)14-19/h3-16H,1-2H3,(H,27,29)/b9-6+,13-12+. The van der Waals surface area contributed by atoms with Gasteiger partial charge in [-0.3, -0.25) is 14.9 Å². The number of ether oxygens (including phenoxy) is 2. The second-order valence-corrected chi connectivity index (χ2v) is 7.29. The van der Waals surface area contributed by atoms with Crippen molar-refractivity contribution in [1.82, 2.24) is 0 Å². The average Bonchev–Trinajstić information content (AvgIpc) is 2.81. The minimum Gasteiger partial charge on any atom is -0.497 e. The largest absolute Gasteiger partial charge is 0.497 e. The molecular formula is C25H21ClN2O5. The van der Waals surface area contributed by atoms with Crippen molar-refractivity contribution < 1.29 is 19.2 Å². The molecule has 0 unspecified atom stereocenters. The first-order valence-electron chi connectivity index (χ1n) is 9.82. The Labute approximate surface area is 196 Å². The molecule has 0 heterocycles. The molecule has 3 rings (SSSR count). The first-order valence-corrected chi connectivity index (χ1v) is 10.2. The summed E-state index contributed by atoms with van der Waals surface area (Å²) in [6.45, 7) is 0. The van der Waals surface area contributed by atoms with Gasteiger partial charge < -0.3 is 14.8 Å². The van der Waals surface area contributed by atoms with E-state index in [0.29, 0.717) is 38.9 Å². The van der Waals surface area contributed by atoms with Gasteiger partial charge in [-0.2, -0.15) is 0 Å². The van der Waals surface area contributed by atoms with Crippen molar-refractivity contribution >= 4 is 41.4 Å². The van der Waals surface area contributed by atoms with Crippen LogP contribution in [0.15, 0.2) is 66.9 Å². The normalized spacial score (nSPS) is 11.0. The SMILES string of the molecule is COc1cc(/C=C/c2ccc(NC(=O)c3cccc(Cl)c3)cc2)c(/C=C/[N+](=O)[O-])c(OC)c1. The summed E-state index contributed by atoms with van der Waals surface area (Å²) in [6.07, 6.45) is 5.90. The van der Waals surface area contributed by atoms with Crippen molar-refractivity contribution in [1.29, 1.82) is 0 Å². The van der Waals surface area contributed by atoms with E-state index in [1.54, 1.807) is 48.5 Å². The van der Waals surface area contributed by atoms with E-state index in [0.717, 1.165) is 11.8 Å². The maximum atomic E-state index is 12.4. The number of hydrogen-bond donors (Lipinski definition) is 1. The molecule has 0 aliphatic rings. The smallest absolute Gasteiger partial charge is 0.255 e. The molecule has 0 saturated carbocycles. The predicted octanol–water partition coefficient (Wildman–Crippen LogP) is 6.03. The lowest BCUT2D eigenvalue weighted by molar-refractivity contribution is -0.400. The number of carbonyl (C=O) groups excluding carboxylic acids is 1. The molecule has 3 aromatic carbocycles. The van der Waals surface area contributed by atoms with Crippen LogP contribution in [0.3, 0.4) is 0 Å². The monoisotopic (exact) mass is 464 g/mol. The third-order valence-corrected chi connectivity index (χ3v) is 4.91. The first kappa shape index (κ1) is 23.6. The van der Waals surface area contributed by atoms with Crippen molar-refractivity contribution in [3.63, 3.8) is 0 Å². The van der Waals surface area contributed by atoms with Crippen molar-refractivity contribution in [2.75, 3.05) is 19.5 Å². The molecule has 0 aliphatic carbocycles. The molecule has 7 nitrogen and oxygen atoms in total. The highest BCUT2D eigenvalue weighted by molar-refractivity contribution is 6.31. The van der Waals surface area contributed by atoms with Crippen LogP contribution in [0, 0.1) is 10.1 Å². The van der Waals surface area contributed by atoms with Gasteiger partial charge in [0, 0.05) is 34.0 Å². The Morgan fingerprint density at radius 3 is 2.39 bits per heavy atom. The van der Waals surface area contributed by atoms with Crippen LogP contribution < -0.4 is 14.8 Å². The fraction of sp³-hybridized carbons (Fsp3) is 0.0800. The Kier molecular flexibility index (Phi) is 7.83. The van der Waals surface area contributed by atoms with Gasteiger partial charge in [-0.15, -0.1) is 0 Å². The number of anilines is 1. The number of halogens is 1. The Morgan fingerprint density at radius 2 is 1.76 bits per heavy atom. The number of benzene rings is 3. The number of methoxy groups -OCH3 is 2. The number of amides is 1. The van der Waals surface area contributed by atoms with Crippen LogP contribution in [0.4, 0.5) is 5.69 Å². The number of rotatable bonds is 8. The minimum atomic E-state index is -0.534. The highest BCUT2D eigenvalue weighted by Crippen LogP contribution is 2.31. The third-order valence-electron chi connectivity index (χ3n) is 4.68. The predicted molar refractivity (Wildman–Crippen MR) is 130 cm³/mol. The lowest BCUT2D eigenvalue weighted by Crippen LogP contribution is -2.11. The molecule has 8 heteroatoms. The van der Waals surface area contributed by atoms with Crippen molar-refractivity contribution in [3.8, 4) is 11.5 Å². The maximum absolute atomic E-state index is 12.4. The van der Waals surface area contributed by atoms with Crippen molar-refractivity contribution in [2.24, 2.45) is 0 Å². The molecule has 168 valence electrons. The summed E-state index contributed by atoms with van der Waals surface area (Å²) < 4.78 is 10.7. The fourth-order valence-corrected chi connectivity index (χ4v) is 3.25. The van der Waals surface area contributed by atoms with E-state index in [9.17, 15) is 14.9 Å². The molecule has 0 spiro atoms. The molecule has 0 atom stereocenters. The summed E-state index contributed by atoms with van der Waals surface area (Å²) in [6, 6.07) is 17.4. The van der Waals surface area contributed by atoms with Crippen LogP contribution in [-0.4, -0.2) is 25.1 Å². The summed E-state index contributed by atoms with van der Waals surface area (Å²) in [4.78, 5) is 22.6. The van der Waals surface area contributed by atoms with Gasteiger partial charge in [0.05, 0.1) is 19.1 Å². The van der Waals surface area contributed by atoms with E-state index in [-0.39, 0.29) is 5.91 Å². The van der Waals surface area contributed by atoms with Gasteiger partial charge in [-0.05, 0) is 47.5 Å². The zero-order valence-corrected chi connectivity index (χ0v) is 18.7. The number of carbonyl (C=O) groups is 1. The number of nitro groups is 1. The van der Waals surface area contributed by atoms with E-state index < -0.39 is 4.92 Å². The Bertz CT molecular complexity index is 1220. The van der Waals surface area contributed by atoms with Gasteiger partial charge in [0.2, 0.25) is 6.20 Å². The summed E-state index contributed by atoms with van der Waals surface area (Å²) in [5.74, 6) is 0.751. The molecule has 1 amide bonds. The molecule has 0 bridgehead atoms. The summed E-state index contributed by atoms with van der Waals surface area (Å²) >= 11 is 5.94. The third kappa shape index (κ3) is 6.44. The van der Waals surface area contributed by atoms with Gasteiger partial charge in [-0.25, -0.2) is 0 Å². The number of nitrogens with zero attached hydrogens (tertiary/aromatic N) is 1. The van der Waals surface area contributed by atoms with Crippen LogP contribution in [0.25, 0.3) is 18.2 Å². The second-order valence-electron chi connectivity index (χ2n) is 6.85. The quantitative estimate of drug-likeness (QED) is 0.250. The van der Waals surface area contributed by atoms with Crippen LogP contribution >= 0.6 is 11.6 Å². The second kappa shape index (κ2) is 11.0. The molecular weight excluding hydrogens is 444 g/mol. The Hall–Kier alpha value is -4.10. The van der Waals surface area contributed by atoms with Crippen LogP contribution in [0.1, 0.15) is 27.0 Å². The van der Waals surface area contributed by atoms with Gasteiger partial charge in [0.25, 0.3) is 5.91 Å². The topological polar surface area (TPSA) is 90.7 Å². The Balaban J connectivity index is 1.82. The summed E-state index contributed by atoms with van der Waals surface area (Å²) in [7, 11) is 3.02. The highest BCUT2D eigenvalue weighted by atomic mass is 35.5. The first-order chi connectivity index (χ1) is 15.9.